The van der Waals surface area contributed by atoms with E-state index in [4.69, 9.17) is 29.2 Å². The molecule has 0 saturated heterocycles. The van der Waals surface area contributed by atoms with Crippen LogP contribution < -0.4 is 10.8 Å². The lowest BCUT2D eigenvalue weighted by Crippen LogP contribution is -2.36. The van der Waals surface area contributed by atoms with Crippen molar-refractivity contribution in [1.29, 1.82) is 0 Å². The molecular formula is C21H35N6O8P. The average molecular weight is 531 g/mol. The lowest BCUT2D eigenvalue weighted by Gasteiger charge is -2.24. The van der Waals surface area contributed by atoms with Gasteiger partial charge in [0.1, 0.15) is 24.2 Å². The highest BCUT2D eigenvalue weighted by Crippen LogP contribution is 2.43. The predicted octanol–water partition coefficient (Wildman–Crippen LogP) is 2.68. The number of rotatable bonds is 14. The summed E-state index contributed by atoms with van der Waals surface area (Å²) in [5, 5.41) is 2.63. The van der Waals surface area contributed by atoms with E-state index in [1.807, 2.05) is 13.8 Å². The van der Waals surface area contributed by atoms with Crippen LogP contribution in [0.4, 0.5) is 10.6 Å². The van der Waals surface area contributed by atoms with Gasteiger partial charge in [-0.3, -0.25) is 13.9 Å². The largest absolute Gasteiger partial charge is 0.510 e. The smallest absolute Gasteiger partial charge is 0.464 e. The van der Waals surface area contributed by atoms with Gasteiger partial charge in [0.05, 0.1) is 31.7 Å². The Morgan fingerprint density at radius 1 is 1.11 bits per heavy atom. The fourth-order valence-corrected chi connectivity index (χ4v) is 4.40. The Kier molecular flexibility index (Phi) is 11.0. The molecule has 0 amide bonds. The molecule has 0 aliphatic carbocycles. The van der Waals surface area contributed by atoms with Crippen LogP contribution in [0, 0.1) is 5.92 Å². The highest BCUT2D eigenvalue weighted by Gasteiger charge is 2.31. The predicted molar refractivity (Wildman–Crippen MR) is 130 cm³/mol. The second-order valence-corrected chi connectivity index (χ2v) is 10.9. The third-order valence-corrected chi connectivity index (χ3v) is 6.28. The lowest BCUT2D eigenvalue weighted by molar-refractivity contribution is -0.146. The maximum Gasteiger partial charge on any atom is 0.510 e. The second-order valence-electron chi connectivity index (χ2n) is 8.79. The topological polar surface area (TPSA) is 179 Å². The van der Waals surface area contributed by atoms with Crippen molar-refractivity contribution in [3.63, 3.8) is 0 Å². The maximum atomic E-state index is 13.5. The van der Waals surface area contributed by atoms with Gasteiger partial charge in [0, 0.05) is 0 Å². The van der Waals surface area contributed by atoms with E-state index in [9.17, 15) is 14.2 Å². The Balaban J connectivity index is 2.03. The van der Waals surface area contributed by atoms with Crippen molar-refractivity contribution in [3.05, 3.63) is 12.7 Å². The van der Waals surface area contributed by atoms with Crippen LogP contribution in [-0.4, -0.2) is 69.6 Å². The standard InChI is InChI=1S/C21H35N6O8P/c1-13(2)8-31-20(28)16(6)26-36(30,34-11-32-21(29)35-14(3)4)12-33-15(5)7-27-10-25-17-18(22)23-9-24-19(17)27/h9-10,13-16H,7-8,11-12H2,1-6H3,(H,26,30)(H2,22,23,24)/t15-,16+,36?/m1/s1. The molecule has 0 aliphatic heterocycles. The highest BCUT2D eigenvalue weighted by molar-refractivity contribution is 7.56. The van der Waals surface area contributed by atoms with Gasteiger partial charge in [-0.25, -0.2) is 24.8 Å². The van der Waals surface area contributed by atoms with Crippen molar-refractivity contribution in [2.24, 2.45) is 5.92 Å². The zero-order valence-corrected chi connectivity index (χ0v) is 22.3. The molecule has 0 radical (unpaired) electrons. The van der Waals surface area contributed by atoms with E-state index in [1.54, 1.807) is 31.7 Å². The molecule has 202 valence electrons. The van der Waals surface area contributed by atoms with Crippen LogP contribution in [0.15, 0.2) is 12.7 Å². The van der Waals surface area contributed by atoms with Gasteiger partial charge in [0.25, 0.3) is 7.52 Å². The van der Waals surface area contributed by atoms with Crippen molar-refractivity contribution in [1.82, 2.24) is 24.6 Å². The number of nitrogens with two attached hydrogens (primary N) is 1. The number of carbonyl (C=O) groups excluding carboxylic acids is 2. The fourth-order valence-electron chi connectivity index (χ4n) is 2.81. The van der Waals surface area contributed by atoms with Crippen LogP contribution in [0.25, 0.3) is 11.2 Å². The molecule has 2 heterocycles. The van der Waals surface area contributed by atoms with Crippen molar-refractivity contribution in [2.75, 3.05) is 25.5 Å². The first-order valence-electron chi connectivity index (χ1n) is 11.4. The summed E-state index contributed by atoms with van der Waals surface area (Å²) in [6, 6.07) is -0.978. The van der Waals surface area contributed by atoms with E-state index >= 15 is 0 Å². The number of fused-ring (bicyclic) bond motifs is 1. The molecule has 1 unspecified atom stereocenters. The van der Waals surface area contributed by atoms with Gasteiger partial charge in [0.15, 0.2) is 11.5 Å². The second kappa shape index (κ2) is 13.5. The summed E-state index contributed by atoms with van der Waals surface area (Å²) in [4.78, 5) is 36.2. The monoisotopic (exact) mass is 530 g/mol. The Bertz CT molecular complexity index is 1060. The molecule has 0 spiro atoms. The summed E-state index contributed by atoms with van der Waals surface area (Å²) in [7, 11) is -3.84. The Labute approximate surface area is 209 Å². The first-order valence-corrected chi connectivity index (χ1v) is 13.3. The van der Waals surface area contributed by atoms with Gasteiger partial charge < -0.3 is 29.2 Å². The number of imidazole rings is 1. The molecule has 2 aromatic heterocycles. The molecule has 3 N–H and O–H groups in total. The van der Waals surface area contributed by atoms with Crippen LogP contribution >= 0.6 is 7.52 Å². The number of aromatic nitrogens is 4. The summed E-state index contributed by atoms with van der Waals surface area (Å²) in [5.41, 5.74) is 6.80. The number of esters is 1. The quantitative estimate of drug-likeness (QED) is 0.207. The Morgan fingerprint density at radius 2 is 1.83 bits per heavy atom. The van der Waals surface area contributed by atoms with Crippen LogP contribution in [0.3, 0.4) is 0 Å². The van der Waals surface area contributed by atoms with Crippen LogP contribution in [0.5, 0.6) is 0 Å². The summed E-state index contributed by atoms with van der Waals surface area (Å²) >= 11 is 0. The van der Waals surface area contributed by atoms with E-state index < -0.39 is 51.0 Å². The number of hydrogen-bond acceptors (Lipinski definition) is 12. The van der Waals surface area contributed by atoms with Gasteiger partial charge in [-0.1, -0.05) is 13.8 Å². The molecule has 14 nitrogen and oxygen atoms in total. The number of nitrogens with zero attached hydrogens (tertiary/aromatic N) is 4. The van der Waals surface area contributed by atoms with Crippen molar-refractivity contribution < 1.29 is 37.6 Å². The lowest BCUT2D eigenvalue weighted by atomic mass is 10.2. The summed E-state index contributed by atoms with van der Waals surface area (Å²) < 4.78 is 41.1. The first-order chi connectivity index (χ1) is 16.9. The minimum atomic E-state index is -3.84. The van der Waals surface area contributed by atoms with E-state index in [0.29, 0.717) is 17.7 Å². The maximum absolute atomic E-state index is 13.5. The molecule has 2 rings (SSSR count). The van der Waals surface area contributed by atoms with E-state index in [0.717, 1.165) is 0 Å². The molecule has 0 bridgehead atoms. The molecule has 2 aromatic rings. The summed E-state index contributed by atoms with van der Waals surface area (Å²) in [6.45, 7) is 10.2. The minimum absolute atomic E-state index is 0.133. The normalized spacial score (nSPS) is 15.0. The molecule has 36 heavy (non-hydrogen) atoms. The number of ether oxygens (including phenoxy) is 4. The van der Waals surface area contributed by atoms with Gasteiger partial charge >= 0.3 is 12.1 Å². The SMILES string of the molecule is CC(C)COC(=O)[C@H](C)NP(=O)(CO[C@H](C)Cn1cnc2c(N)ncnc21)OCOC(=O)OC(C)C. The van der Waals surface area contributed by atoms with Crippen LogP contribution in [0.1, 0.15) is 41.5 Å². The van der Waals surface area contributed by atoms with Crippen molar-refractivity contribution >= 4 is 36.6 Å². The van der Waals surface area contributed by atoms with Gasteiger partial charge in [-0.15, -0.1) is 0 Å². The van der Waals surface area contributed by atoms with Crippen LogP contribution in [0.2, 0.25) is 0 Å². The van der Waals surface area contributed by atoms with Gasteiger partial charge in [0.2, 0.25) is 6.79 Å². The average Bonchev–Trinajstić information content (AvgIpc) is 3.19. The molecule has 0 fully saturated rings. The molecule has 0 aromatic carbocycles. The zero-order valence-electron chi connectivity index (χ0n) is 21.4. The number of nitrogens with one attached hydrogen (secondary N) is 1. The number of anilines is 1. The summed E-state index contributed by atoms with van der Waals surface area (Å²) in [5.74, 6) is -0.222. The number of carbonyl (C=O) groups is 2. The van der Waals surface area contributed by atoms with Crippen molar-refractivity contribution in [3.8, 4) is 0 Å². The van der Waals surface area contributed by atoms with Gasteiger partial charge in [-0.2, -0.15) is 0 Å². The first kappa shape index (κ1) is 29.4. The third kappa shape index (κ3) is 9.34. The molecule has 3 atom stereocenters. The minimum Gasteiger partial charge on any atom is -0.464 e. The Hall–Kier alpha value is -2.80. The number of nitrogen functional groups attached to an aromatic ring is 1. The van der Waals surface area contributed by atoms with Gasteiger partial charge in [-0.05, 0) is 33.6 Å². The Morgan fingerprint density at radius 3 is 2.50 bits per heavy atom. The molecule has 0 saturated carbocycles. The van der Waals surface area contributed by atoms with Crippen molar-refractivity contribution in [2.45, 2.75) is 66.3 Å². The summed E-state index contributed by atoms with van der Waals surface area (Å²) in [6.07, 6.45) is 0.586. The molecule has 15 heteroatoms. The van der Waals surface area contributed by atoms with E-state index in [1.165, 1.54) is 13.3 Å². The third-order valence-electron chi connectivity index (χ3n) is 4.49. The zero-order chi connectivity index (χ0) is 26.9. The van der Waals surface area contributed by atoms with E-state index in [-0.39, 0.29) is 18.3 Å². The fraction of sp³-hybridized carbons (Fsp3) is 0.667. The molecule has 0 aliphatic rings. The number of hydrogen-bond donors (Lipinski definition) is 2. The van der Waals surface area contributed by atoms with E-state index in [2.05, 4.69) is 20.0 Å². The highest BCUT2D eigenvalue weighted by atomic mass is 31.2. The molecular weight excluding hydrogens is 495 g/mol. The van der Waals surface area contributed by atoms with Crippen LogP contribution in [-0.2, 0) is 39.4 Å².